The summed E-state index contributed by atoms with van der Waals surface area (Å²) >= 11 is 0. The summed E-state index contributed by atoms with van der Waals surface area (Å²) in [5, 5.41) is -0.164. The molecule has 0 radical (unpaired) electrons. The molecule has 0 bridgehead atoms. The number of benzene rings is 2. The Kier molecular flexibility index (Phi) is 8.97. The zero-order valence-corrected chi connectivity index (χ0v) is 20.3. The van der Waals surface area contributed by atoms with E-state index >= 15 is 0 Å². The van der Waals surface area contributed by atoms with Gasteiger partial charge in [-0.3, -0.25) is 0 Å². The Morgan fingerprint density at radius 1 is 1.06 bits per heavy atom. The Bertz CT molecular complexity index is 866. The van der Waals surface area contributed by atoms with Gasteiger partial charge in [-0.2, -0.15) is 13.2 Å². The molecule has 2 nitrogen and oxygen atoms in total. The standard InChI is InChI=1S/C25H34F3O2P/c1-7-17(3)13-19-14-18(4)15-21(23(19)30-16-29-6)24(5,8-2)31-22-12-10-9-11-20(22)25(26,27)28/h9-12,14-15,17,31H,7-8,13,16H2,1-6H3. The van der Waals surface area contributed by atoms with Gasteiger partial charge in [-0.25, -0.2) is 0 Å². The van der Waals surface area contributed by atoms with Crippen molar-refractivity contribution in [3.05, 3.63) is 58.7 Å². The predicted octanol–water partition coefficient (Wildman–Crippen LogP) is 7.21. The number of halogens is 3. The van der Waals surface area contributed by atoms with Gasteiger partial charge in [0.1, 0.15) is 5.75 Å². The van der Waals surface area contributed by atoms with E-state index < -0.39 is 16.9 Å². The molecule has 3 unspecified atom stereocenters. The van der Waals surface area contributed by atoms with Gasteiger partial charge in [0.25, 0.3) is 0 Å². The van der Waals surface area contributed by atoms with Crippen LogP contribution in [-0.2, 0) is 22.5 Å². The number of rotatable bonds is 10. The lowest BCUT2D eigenvalue weighted by atomic mass is 9.89. The first-order valence-electron chi connectivity index (χ1n) is 10.8. The molecule has 6 heteroatoms. The van der Waals surface area contributed by atoms with Crippen molar-refractivity contribution in [2.45, 2.75) is 65.2 Å². The Balaban J connectivity index is 2.62. The zero-order chi connectivity index (χ0) is 23.2. The van der Waals surface area contributed by atoms with Gasteiger partial charge in [0.15, 0.2) is 6.79 Å². The van der Waals surface area contributed by atoms with Crippen LogP contribution in [0.2, 0.25) is 0 Å². The van der Waals surface area contributed by atoms with Crippen LogP contribution < -0.4 is 10.0 Å². The van der Waals surface area contributed by atoms with E-state index in [4.69, 9.17) is 9.47 Å². The molecule has 0 heterocycles. The Morgan fingerprint density at radius 2 is 1.74 bits per heavy atom. The van der Waals surface area contributed by atoms with Crippen LogP contribution in [0.5, 0.6) is 5.75 Å². The minimum atomic E-state index is -4.37. The maximum absolute atomic E-state index is 13.6. The smallest absolute Gasteiger partial charge is 0.417 e. The summed E-state index contributed by atoms with van der Waals surface area (Å²) in [5.41, 5.74) is 2.59. The first kappa shape index (κ1) is 25.7. The van der Waals surface area contributed by atoms with E-state index in [1.54, 1.807) is 19.2 Å². The first-order valence-corrected chi connectivity index (χ1v) is 11.8. The quantitative estimate of drug-likeness (QED) is 0.279. The van der Waals surface area contributed by atoms with Crippen LogP contribution in [0.4, 0.5) is 13.2 Å². The van der Waals surface area contributed by atoms with Crippen LogP contribution in [0.1, 0.15) is 62.8 Å². The summed E-state index contributed by atoms with van der Waals surface area (Å²) in [4.78, 5) is 0. The van der Waals surface area contributed by atoms with Crippen LogP contribution >= 0.6 is 8.58 Å². The summed E-state index contributed by atoms with van der Waals surface area (Å²) in [6, 6.07) is 10.1. The summed E-state index contributed by atoms with van der Waals surface area (Å²) in [6.45, 7) is 10.6. The number of methoxy groups -OCH3 is 1. The average Bonchev–Trinajstić information content (AvgIpc) is 2.72. The number of ether oxygens (including phenoxy) is 2. The van der Waals surface area contributed by atoms with Crippen molar-refractivity contribution in [2.75, 3.05) is 13.9 Å². The molecule has 31 heavy (non-hydrogen) atoms. The lowest BCUT2D eigenvalue weighted by Crippen LogP contribution is -2.24. The molecule has 3 atom stereocenters. The van der Waals surface area contributed by atoms with Gasteiger partial charge in [0.2, 0.25) is 0 Å². The predicted molar refractivity (Wildman–Crippen MR) is 124 cm³/mol. The SMILES string of the molecule is CCC(C)Cc1cc(C)cc(C(C)(CC)Pc2ccccc2C(F)(F)F)c1OCOC. The second-order valence-corrected chi connectivity index (χ2v) is 10.3. The molecule has 0 aliphatic heterocycles. The number of alkyl halides is 3. The third-order valence-corrected chi connectivity index (χ3v) is 7.72. The van der Waals surface area contributed by atoms with Crippen molar-refractivity contribution >= 4 is 13.9 Å². The third-order valence-electron chi connectivity index (χ3n) is 5.84. The van der Waals surface area contributed by atoms with Crippen molar-refractivity contribution in [3.8, 4) is 5.75 Å². The Hall–Kier alpha value is -1.58. The molecule has 0 fully saturated rings. The fourth-order valence-corrected chi connectivity index (χ4v) is 5.33. The largest absolute Gasteiger partial charge is 0.467 e. The lowest BCUT2D eigenvalue weighted by molar-refractivity contribution is -0.136. The maximum Gasteiger partial charge on any atom is 0.417 e. The summed E-state index contributed by atoms with van der Waals surface area (Å²) in [6.07, 6.45) is -1.79. The molecular weight excluding hydrogens is 420 g/mol. The van der Waals surface area contributed by atoms with E-state index in [1.807, 2.05) is 20.8 Å². The lowest BCUT2D eigenvalue weighted by Gasteiger charge is -2.33. The van der Waals surface area contributed by atoms with Gasteiger partial charge in [-0.15, -0.1) is 0 Å². The van der Waals surface area contributed by atoms with Gasteiger partial charge in [0.05, 0.1) is 5.56 Å². The highest BCUT2D eigenvalue weighted by molar-refractivity contribution is 7.48. The van der Waals surface area contributed by atoms with Crippen LogP contribution in [0.15, 0.2) is 36.4 Å². The van der Waals surface area contributed by atoms with E-state index in [2.05, 4.69) is 26.0 Å². The van der Waals surface area contributed by atoms with Crippen LogP contribution in [0, 0.1) is 12.8 Å². The molecule has 0 aliphatic carbocycles. The van der Waals surface area contributed by atoms with Gasteiger partial charge in [0, 0.05) is 17.8 Å². The van der Waals surface area contributed by atoms with Gasteiger partial charge < -0.3 is 9.47 Å². The minimum Gasteiger partial charge on any atom is -0.467 e. The molecule has 2 rings (SSSR count). The van der Waals surface area contributed by atoms with Crippen molar-refractivity contribution in [1.82, 2.24) is 0 Å². The maximum atomic E-state index is 13.6. The highest BCUT2D eigenvalue weighted by Gasteiger charge is 2.37. The monoisotopic (exact) mass is 454 g/mol. The minimum absolute atomic E-state index is 0.0521. The van der Waals surface area contributed by atoms with E-state index in [1.165, 1.54) is 12.1 Å². The van der Waals surface area contributed by atoms with Crippen LogP contribution in [0.3, 0.4) is 0 Å². The van der Waals surface area contributed by atoms with Gasteiger partial charge in [-0.05, 0) is 42.6 Å². The second-order valence-electron chi connectivity index (χ2n) is 8.42. The molecule has 0 aliphatic rings. The van der Waals surface area contributed by atoms with E-state index in [0.717, 1.165) is 35.3 Å². The van der Waals surface area contributed by atoms with Crippen molar-refractivity contribution < 1.29 is 22.6 Å². The van der Waals surface area contributed by atoms with Crippen LogP contribution in [-0.4, -0.2) is 13.9 Å². The zero-order valence-electron chi connectivity index (χ0n) is 19.3. The van der Waals surface area contributed by atoms with E-state index in [0.29, 0.717) is 17.6 Å². The summed E-state index contributed by atoms with van der Waals surface area (Å²) in [7, 11) is 1.52. The normalized spacial score (nSPS) is 15.3. The number of hydrogen-bond donors (Lipinski definition) is 0. The van der Waals surface area contributed by atoms with Gasteiger partial charge >= 0.3 is 6.18 Å². The fourth-order valence-electron chi connectivity index (χ4n) is 3.70. The van der Waals surface area contributed by atoms with Crippen molar-refractivity contribution in [3.63, 3.8) is 0 Å². The first-order chi connectivity index (χ1) is 14.6. The molecule has 0 spiro atoms. The van der Waals surface area contributed by atoms with Crippen LogP contribution in [0.25, 0.3) is 0 Å². The summed E-state index contributed by atoms with van der Waals surface area (Å²) < 4.78 is 52.2. The Labute approximate surface area is 186 Å². The number of aryl methyl sites for hydroxylation is 1. The molecule has 0 amide bonds. The molecule has 0 saturated heterocycles. The molecule has 0 N–H and O–H groups in total. The van der Waals surface area contributed by atoms with E-state index in [-0.39, 0.29) is 15.4 Å². The van der Waals surface area contributed by atoms with Crippen molar-refractivity contribution in [1.29, 1.82) is 0 Å². The molecule has 2 aromatic rings. The van der Waals surface area contributed by atoms with Gasteiger partial charge in [-0.1, -0.05) is 78.6 Å². The Morgan fingerprint density at radius 3 is 2.32 bits per heavy atom. The highest BCUT2D eigenvalue weighted by Crippen LogP contribution is 2.50. The molecule has 2 aromatic carbocycles. The molecule has 0 aromatic heterocycles. The summed E-state index contributed by atoms with van der Waals surface area (Å²) in [5.74, 6) is 1.23. The molecule has 172 valence electrons. The third kappa shape index (κ3) is 6.46. The number of hydrogen-bond acceptors (Lipinski definition) is 2. The molecular formula is C25H34F3O2P. The highest BCUT2D eigenvalue weighted by atomic mass is 31.1. The van der Waals surface area contributed by atoms with Crippen molar-refractivity contribution in [2.24, 2.45) is 5.92 Å². The second kappa shape index (κ2) is 10.8. The fraction of sp³-hybridized carbons (Fsp3) is 0.520. The molecule has 0 saturated carbocycles. The topological polar surface area (TPSA) is 18.5 Å². The van der Waals surface area contributed by atoms with E-state index in [9.17, 15) is 13.2 Å². The average molecular weight is 455 g/mol.